The summed E-state index contributed by atoms with van der Waals surface area (Å²) in [5.41, 5.74) is 1.59. The number of nitrogens with zero attached hydrogens (tertiary/aromatic N) is 1. The van der Waals surface area contributed by atoms with Gasteiger partial charge in [-0.15, -0.1) is 0 Å². The van der Waals surface area contributed by atoms with E-state index in [0.717, 1.165) is 10.2 Å². The van der Waals surface area contributed by atoms with Crippen LogP contribution in [0.2, 0.25) is 0 Å². The molecule has 15 heavy (non-hydrogen) atoms. The van der Waals surface area contributed by atoms with Crippen molar-refractivity contribution < 1.29 is 4.39 Å². The van der Waals surface area contributed by atoms with Crippen LogP contribution in [0.15, 0.2) is 28.9 Å². The van der Waals surface area contributed by atoms with Crippen molar-refractivity contribution in [1.82, 2.24) is 9.97 Å². The zero-order chi connectivity index (χ0) is 10.8. The second-order valence-electron chi connectivity index (χ2n) is 3.16. The van der Waals surface area contributed by atoms with E-state index in [1.54, 1.807) is 12.3 Å². The molecule has 0 saturated heterocycles. The van der Waals surface area contributed by atoms with Gasteiger partial charge in [-0.2, -0.15) is 0 Å². The summed E-state index contributed by atoms with van der Waals surface area (Å²) in [5.74, 6) is 0.308. The van der Waals surface area contributed by atoms with Gasteiger partial charge in [-0.1, -0.05) is 0 Å². The molecular formula is C10H9BrFN3. The molecule has 1 aromatic carbocycles. The van der Waals surface area contributed by atoms with Crippen LogP contribution in [0.3, 0.4) is 0 Å². The molecule has 0 amide bonds. The molecule has 2 aromatic rings. The molecule has 2 rings (SSSR count). The van der Waals surface area contributed by atoms with Gasteiger partial charge in [0, 0.05) is 16.4 Å². The molecule has 0 aliphatic rings. The zero-order valence-electron chi connectivity index (χ0n) is 8.01. The summed E-state index contributed by atoms with van der Waals surface area (Å²) >= 11 is 3.32. The quantitative estimate of drug-likeness (QED) is 0.878. The molecule has 5 heteroatoms. The molecule has 0 aliphatic heterocycles. The lowest BCUT2D eigenvalue weighted by Gasteiger charge is -2.05. The first kappa shape index (κ1) is 10.2. The van der Waals surface area contributed by atoms with Gasteiger partial charge in [-0.3, -0.25) is 0 Å². The Labute approximate surface area is 94.9 Å². The molecule has 1 heterocycles. The van der Waals surface area contributed by atoms with Gasteiger partial charge in [0.1, 0.15) is 5.82 Å². The van der Waals surface area contributed by atoms with E-state index in [4.69, 9.17) is 0 Å². The van der Waals surface area contributed by atoms with Crippen LogP contribution in [0.25, 0.3) is 0 Å². The fourth-order valence-electron chi connectivity index (χ4n) is 1.20. The van der Waals surface area contributed by atoms with Crippen molar-refractivity contribution >= 4 is 27.6 Å². The van der Waals surface area contributed by atoms with Crippen LogP contribution < -0.4 is 5.32 Å². The number of imidazole rings is 1. The van der Waals surface area contributed by atoms with Crippen molar-refractivity contribution in [2.75, 3.05) is 5.32 Å². The van der Waals surface area contributed by atoms with Crippen molar-refractivity contribution in [2.45, 2.75) is 6.92 Å². The minimum Gasteiger partial charge on any atom is -0.328 e. The number of H-pyrrole nitrogens is 1. The van der Waals surface area contributed by atoms with Crippen LogP contribution in [-0.2, 0) is 0 Å². The number of nitrogens with one attached hydrogen (secondary N) is 2. The first-order chi connectivity index (χ1) is 7.15. The van der Waals surface area contributed by atoms with Crippen LogP contribution in [0, 0.1) is 12.7 Å². The Hall–Kier alpha value is -1.36. The van der Waals surface area contributed by atoms with Crippen molar-refractivity contribution in [3.63, 3.8) is 0 Å². The summed E-state index contributed by atoms with van der Waals surface area (Å²) in [5, 5.41) is 2.98. The third-order valence-electron chi connectivity index (χ3n) is 1.88. The standard InChI is InChI=1S/C10H9BrFN3/c1-6-5-13-10(14-6)15-9-4-7(12)2-3-8(9)11/h2-5H,1H3,(H2,13,14,15). The van der Waals surface area contributed by atoms with Crippen LogP contribution >= 0.6 is 15.9 Å². The minimum atomic E-state index is -0.288. The zero-order valence-corrected chi connectivity index (χ0v) is 9.60. The Morgan fingerprint density at radius 2 is 2.27 bits per heavy atom. The number of benzene rings is 1. The van der Waals surface area contributed by atoms with Crippen molar-refractivity contribution in [1.29, 1.82) is 0 Å². The predicted octanol–water partition coefficient (Wildman–Crippen LogP) is 3.36. The fraction of sp³-hybridized carbons (Fsp3) is 0.100. The Balaban J connectivity index is 2.27. The highest BCUT2D eigenvalue weighted by molar-refractivity contribution is 9.10. The van der Waals surface area contributed by atoms with Crippen LogP contribution in [0.1, 0.15) is 5.69 Å². The van der Waals surface area contributed by atoms with Gasteiger partial charge in [0.25, 0.3) is 0 Å². The van der Waals surface area contributed by atoms with Crippen molar-refractivity contribution in [3.8, 4) is 0 Å². The molecule has 78 valence electrons. The van der Waals surface area contributed by atoms with E-state index in [9.17, 15) is 4.39 Å². The van der Waals surface area contributed by atoms with Gasteiger partial charge in [0.2, 0.25) is 5.95 Å². The molecule has 0 bridgehead atoms. The van der Waals surface area contributed by atoms with E-state index in [0.29, 0.717) is 11.6 Å². The molecule has 0 atom stereocenters. The average molecular weight is 270 g/mol. The lowest BCUT2D eigenvalue weighted by atomic mass is 10.3. The average Bonchev–Trinajstić information content (AvgIpc) is 2.58. The molecule has 2 N–H and O–H groups in total. The van der Waals surface area contributed by atoms with Crippen LogP contribution in [0.5, 0.6) is 0 Å². The van der Waals surface area contributed by atoms with E-state index in [-0.39, 0.29) is 5.82 Å². The van der Waals surface area contributed by atoms with E-state index in [2.05, 4.69) is 31.2 Å². The van der Waals surface area contributed by atoms with Crippen LogP contribution in [0.4, 0.5) is 16.0 Å². The predicted molar refractivity (Wildman–Crippen MR) is 60.7 cm³/mol. The SMILES string of the molecule is Cc1cnc(Nc2cc(F)ccc2Br)[nH]1. The minimum absolute atomic E-state index is 0.288. The van der Waals surface area contributed by atoms with Gasteiger partial charge >= 0.3 is 0 Å². The Bertz CT molecular complexity index is 481. The normalized spacial score (nSPS) is 10.3. The highest BCUT2D eigenvalue weighted by Crippen LogP contribution is 2.25. The summed E-state index contributed by atoms with van der Waals surface area (Å²) in [7, 11) is 0. The fourth-order valence-corrected chi connectivity index (χ4v) is 1.54. The van der Waals surface area contributed by atoms with Gasteiger partial charge in [0.05, 0.1) is 5.69 Å². The highest BCUT2D eigenvalue weighted by atomic mass is 79.9. The number of halogens is 2. The summed E-state index contributed by atoms with van der Waals surface area (Å²) in [4.78, 5) is 7.08. The molecule has 0 radical (unpaired) electrons. The second kappa shape index (κ2) is 4.02. The molecule has 0 spiro atoms. The molecule has 1 aromatic heterocycles. The molecule has 0 unspecified atom stereocenters. The second-order valence-corrected chi connectivity index (χ2v) is 4.02. The third kappa shape index (κ3) is 2.36. The monoisotopic (exact) mass is 269 g/mol. The molecule has 0 aliphatic carbocycles. The van der Waals surface area contributed by atoms with Gasteiger partial charge < -0.3 is 10.3 Å². The number of hydrogen-bond acceptors (Lipinski definition) is 2. The van der Waals surface area contributed by atoms with Gasteiger partial charge in [-0.25, -0.2) is 9.37 Å². The number of hydrogen-bond donors (Lipinski definition) is 2. The first-order valence-electron chi connectivity index (χ1n) is 4.39. The number of aromatic amines is 1. The lowest BCUT2D eigenvalue weighted by Crippen LogP contribution is -1.94. The number of aromatic nitrogens is 2. The number of anilines is 2. The van der Waals surface area contributed by atoms with Crippen LogP contribution in [-0.4, -0.2) is 9.97 Å². The third-order valence-corrected chi connectivity index (χ3v) is 2.58. The lowest BCUT2D eigenvalue weighted by molar-refractivity contribution is 0.628. The Morgan fingerprint density at radius 1 is 1.47 bits per heavy atom. The Kier molecular flexibility index (Phi) is 2.73. The van der Waals surface area contributed by atoms with Crippen molar-refractivity contribution in [3.05, 3.63) is 40.4 Å². The van der Waals surface area contributed by atoms with E-state index in [1.807, 2.05) is 6.92 Å². The maximum Gasteiger partial charge on any atom is 0.204 e. The first-order valence-corrected chi connectivity index (χ1v) is 5.18. The summed E-state index contributed by atoms with van der Waals surface area (Å²) in [6.45, 7) is 1.90. The number of aryl methyl sites for hydroxylation is 1. The van der Waals surface area contributed by atoms with E-state index < -0.39 is 0 Å². The largest absolute Gasteiger partial charge is 0.328 e. The van der Waals surface area contributed by atoms with E-state index in [1.165, 1.54) is 12.1 Å². The topological polar surface area (TPSA) is 40.7 Å². The number of rotatable bonds is 2. The maximum absolute atomic E-state index is 13.0. The highest BCUT2D eigenvalue weighted by Gasteiger charge is 2.03. The summed E-state index contributed by atoms with van der Waals surface area (Å²) in [6, 6.07) is 4.44. The molecular weight excluding hydrogens is 261 g/mol. The van der Waals surface area contributed by atoms with Crippen molar-refractivity contribution in [2.24, 2.45) is 0 Å². The van der Waals surface area contributed by atoms with Gasteiger partial charge in [0.15, 0.2) is 0 Å². The summed E-state index contributed by atoms with van der Waals surface area (Å²) < 4.78 is 13.8. The molecule has 0 fully saturated rings. The van der Waals surface area contributed by atoms with E-state index >= 15 is 0 Å². The molecule has 0 saturated carbocycles. The summed E-state index contributed by atoms with van der Waals surface area (Å²) in [6.07, 6.45) is 1.70. The molecule has 3 nitrogen and oxygen atoms in total. The van der Waals surface area contributed by atoms with Gasteiger partial charge in [-0.05, 0) is 41.1 Å². The Morgan fingerprint density at radius 3 is 2.93 bits per heavy atom. The maximum atomic E-state index is 13.0. The smallest absolute Gasteiger partial charge is 0.204 e.